The fourth-order valence-corrected chi connectivity index (χ4v) is 3.91. The molecule has 2 rings (SSSR count). The van der Waals surface area contributed by atoms with Crippen LogP contribution in [0.25, 0.3) is 0 Å². The van der Waals surface area contributed by atoms with Crippen molar-refractivity contribution >= 4 is 11.3 Å². The van der Waals surface area contributed by atoms with Gasteiger partial charge in [0.1, 0.15) is 5.01 Å². The number of nitrogens with zero attached hydrogens (tertiary/aromatic N) is 1. The summed E-state index contributed by atoms with van der Waals surface area (Å²) in [4.78, 5) is 4.55. The van der Waals surface area contributed by atoms with E-state index in [1.54, 1.807) is 11.3 Å². The van der Waals surface area contributed by atoms with Crippen LogP contribution in [0.3, 0.4) is 0 Å². The molecule has 1 N–H and O–H groups in total. The maximum atomic E-state index is 4.55. The fraction of sp³-hybridized carbons (Fsp3) is 0.769. The lowest BCUT2D eigenvalue weighted by molar-refractivity contribution is 0.120. The Labute approximate surface area is 102 Å². The third kappa shape index (κ3) is 2.30. The van der Waals surface area contributed by atoms with Gasteiger partial charge in [0.2, 0.25) is 0 Å². The summed E-state index contributed by atoms with van der Waals surface area (Å²) in [6.45, 7) is 7.98. The average Bonchev–Trinajstić information content (AvgIpc) is 2.69. The van der Waals surface area contributed by atoms with Gasteiger partial charge in [-0.25, -0.2) is 4.98 Å². The van der Waals surface area contributed by atoms with E-state index in [-0.39, 0.29) is 5.54 Å². The van der Waals surface area contributed by atoms with E-state index in [4.69, 9.17) is 0 Å². The first-order valence-electron chi connectivity index (χ1n) is 6.23. The van der Waals surface area contributed by atoms with Gasteiger partial charge in [-0.2, -0.15) is 0 Å². The first-order valence-corrected chi connectivity index (χ1v) is 7.11. The quantitative estimate of drug-likeness (QED) is 0.871. The molecule has 1 aromatic rings. The Hall–Kier alpha value is -0.410. The molecular weight excluding hydrogens is 216 g/mol. The number of hydrogen-bond acceptors (Lipinski definition) is 3. The summed E-state index contributed by atoms with van der Waals surface area (Å²) in [7, 11) is 0. The van der Waals surface area contributed by atoms with Gasteiger partial charge < -0.3 is 5.32 Å². The summed E-state index contributed by atoms with van der Waals surface area (Å²) in [6, 6.07) is 0. The smallest absolute Gasteiger partial charge is 0.113 e. The lowest BCUT2D eigenvalue weighted by Gasteiger charge is -2.44. The molecule has 0 radical (unpaired) electrons. The molecule has 3 heteroatoms. The van der Waals surface area contributed by atoms with Crippen molar-refractivity contribution < 1.29 is 0 Å². The largest absolute Gasteiger partial charge is 0.306 e. The van der Waals surface area contributed by atoms with Crippen LogP contribution in [0.5, 0.6) is 0 Å². The predicted molar refractivity (Wildman–Crippen MR) is 69.7 cm³/mol. The zero-order valence-corrected chi connectivity index (χ0v) is 11.4. The highest BCUT2D eigenvalue weighted by molar-refractivity contribution is 7.09. The SMILES string of the molecule is CCNC1(c2nccs2)CCCC(C)(C)C1. The van der Waals surface area contributed by atoms with Crippen molar-refractivity contribution in [2.75, 3.05) is 6.54 Å². The van der Waals surface area contributed by atoms with Crippen LogP contribution in [-0.2, 0) is 5.54 Å². The molecule has 1 heterocycles. The van der Waals surface area contributed by atoms with E-state index in [1.807, 2.05) is 6.20 Å². The number of thiazole rings is 1. The van der Waals surface area contributed by atoms with E-state index in [1.165, 1.54) is 30.7 Å². The highest BCUT2D eigenvalue weighted by Gasteiger charge is 2.42. The highest BCUT2D eigenvalue weighted by atomic mass is 32.1. The molecule has 1 aliphatic carbocycles. The lowest BCUT2D eigenvalue weighted by Crippen LogP contribution is -2.48. The van der Waals surface area contributed by atoms with E-state index >= 15 is 0 Å². The van der Waals surface area contributed by atoms with Gasteiger partial charge in [0.15, 0.2) is 0 Å². The standard InChI is InChI=1S/C13H22N2S/c1-4-15-13(11-14-8-9-16-11)7-5-6-12(2,3)10-13/h8-9,15H,4-7,10H2,1-3H3. The van der Waals surface area contributed by atoms with Crippen LogP contribution in [-0.4, -0.2) is 11.5 Å². The summed E-state index contributed by atoms with van der Waals surface area (Å²) in [5, 5.41) is 7.08. The highest BCUT2D eigenvalue weighted by Crippen LogP contribution is 2.46. The maximum absolute atomic E-state index is 4.55. The molecule has 0 spiro atoms. The molecule has 1 unspecified atom stereocenters. The predicted octanol–water partition coefficient (Wildman–Crippen LogP) is 3.55. The van der Waals surface area contributed by atoms with Crippen molar-refractivity contribution in [3.05, 3.63) is 16.6 Å². The normalized spacial score (nSPS) is 29.2. The van der Waals surface area contributed by atoms with Gasteiger partial charge in [-0.05, 0) is 31.2 Å². The van der Waals surface area contributed by atoms with Crippen molar-refractivity contribution in [1.29, 1.82) is 0 Å². The molecule has 0 aromatic carbocycles. The summed E-state index contributed by atoms with van der Waals surface area (Å²) in [5.41, 5.74) is 0.580. The zero-order valence-electron chi connectivity index (χ0n) is 10.5. The first kappa shape index (κ1) is 12.1. The monoisotopic (exact) mass is 238 g/mol. The maximum Gasteiger partial charge on any atom is 0.113 e. The minimum Gasteiger partial charge on any atom is -0.306 e. The van der Waals surface area contributed by atoms with E-state index < -0.39 is 0 Å². The topological polar surface area (TPSA) is 24.9 Å². The second-order valence-electron chi connectivity index (χ2n) is 5.64. The van der Waals surface area contributed by atoms with Crippen LogP contribution in [0.15, 0.2) is 11.6 Å². The van der Waals surface area contributed by atoms with Gasteiger partial charge in [0.25, 0.3) is 0 Å². The van der Waals surface area contributed by atoms with Gasteiger partial charge in [0.05, 0.1) is 5.54 Å². The van der Waals surface area contributed by atoms with Crippen LogP contribution < -0.4 is 5.32 Å². The van der Waals surface area contributed by atoms with Gasteiger partial charge in [-0.3, -0.25) is 0 Å². The van der Waals surface area contributed by atoms with Gasteiger partial charge >= 0.3 is 0 Å². The average molecular weight is 238 g/mol. The Morgan fingerprint density at radius 1 is 1.44 bits per heavy atom. The Bertz CT molecular complexity index is 328. The van der Waals surface area contributed by atoms with Gasteiger partial charge in [-0.1, -0.05) is 27.2 Å². The van der Waals surface area contributed by atoms with Crippen LogP contribution >= 0.6 is 11.3 Å². The molecular formula is C13H22N2S. The summed E-state index contributed by atoms with van der Waals surface area (Å²) in [5.74, 6) is 0. The van der Waals surface area contributed by atoms with Crippen LogP contribution in [0.4, 0.5) is 0 Å². The number of rotatable bonds is 3. The third-order valence-electron chi connectivity index (χ3n) is 3.59. The molecule has 2 nitrogen and oxygen atoms in total. The zero-order chi connectivity index (χ0) is 11.6. The molecule has 0 bridgehead atoms. The van der Waals surface area contributed by atoms with Crippen molar-refractivity contribution in [2.45, 2.75) is 52.0 Å². The number of hydrogen-bond donors (Lipinski definition) is 1. The minimum atomic E-state index is 0.144. The van der Waals surface area contributed by atoms with Crippen molar-refractivity contribution in [3.8, 4) is 0 Å². The van der Waals surface area contributed by atoms with Gasteiger partial charge in [0, 0.05) is 11.6 Å². The fourth-order valence-electron chi connectivity index (χ4n) is 3.07. The molecule has 1 fully saturated rings. The molecule has 1 aliphatic rings. The molecule has 1 aromatic heterocycles. The molecule has 1 saturated carbocycles. The Kier molecular flexibility index (Phi) is 3.36. The minimum absolute atomic E-state index is 0.144. The van der Waals surface area contributed by atoms with Crippen LogP contribution in [0.1, 0.15) is 51.5 Å². The molecule has 16 heavy (non-hydrogen) atoms. The second kappa shape index (κ2) is 4.46. The molecule has 90 valence electrons. The molecule has 0 aliphatic heterocycles. The second-order valence-corrected chi connectivity index (χ2v) is 6.54. The third-order valence-corrected chi connectivity index (χ3v) is 4.57. The van der Waals surface area contributed by atoms with Crippen molar-refractivity contribution in [2.24, 2.45) is 5.41 Å². The number of aromatic nitrogens is 1. The molecule has 0 saturated heterocycles. The van der Waals surface area contributed by atoms with E-state index in [2.05, 4.69) is 36.5 Å². The lowest BCUT2D eigenvalue weighted by atomic mass is 9.68. The molecule has 1 atom stereocenters. The Morgan fingerprint density at radius 2 is 2.25 bits per heavy atom. The van der Waals surface area contributed by atoms with Crippen LogP contribution in [0, 0.1) is 5.41 Å². The van der Waals surface area contributed by atoms with E-state index in [9.17, 15) is 0 Å². The Balaban J connectivity index is 2.28. The summed E-state index contributed by atoms with van der Waals surface area (Å²) < 4.78 is 0. The van der Waals surface area contributed by atoms with E-state index in [0.717, 1.165) is 6.54 Å². The van der Waals surface area contributed by atoms with Gasteiger partial charge in [-0.15, -0.1) is 11.3 Å². The number of nitrogens with one attached hydrogen (secondary N) is 1. The van der Waals surface area contributed by atoms with Crippen LogP contribution in [0.2, 0.25) is 0 Å². The Morgan fingerprint density at radius 3 is 2.81 bits per heavy atom. The summed E-state index contributed by atoms with van der Waals surface area (Å²) >= 11 is 1.80. The van der Waals surface area contributed by atoms with Crippen molar-refractivity contribution in [1.82, 2.24) is 10.3 Å². The van der Waals surface area contributed by atoms with E-state index in [0.29, 0.717) is 5.41 Å². The van der Waals surface area contributed by atoms with Crippen molar-refractivity contribution in [3.63, 3.8) is 0 Å². The molecule has 0 amide bonds. The summed E-state index contributed by atoms with van der Waals surface area (Å²) in [6.07, 6.45) is 7.02. The first-order chi connectivity index (χ1) is 7.58.